The minimum Gasteiger partial charge on any atom is -0.302 e. The van der Waals surface area contributed by atoms with Crippen molar-refractivity contribution in [2.24, 2.45) is 0 Å². The lowest BCUT2D eigenvalue weighted by molar-refractivity contribution is 0.334. The van der Waals surface area contributed by atoms with Gasteiger partial charge in [0, 0.05) is 26.2 Å². The Hall–Kier alpha value is -2.29. The van der Waals surface area contributed by atoms with Crippen molar-refractivity contribution in [3.8, 4) is 6.07 Å². The highest BCUT2D eigenvalue weighted by atomic mass is 32.2. The number of hydrogen-bond donors (Lipinski definition) is 1. The van der Waals surface area contributed by atoms with Gasteiger partial charge in [-0.25, -0.2) is 16.8 Å². The van der Waals surface area contributed by atoms with Gasteiger partial charge in [-0.2, -0.15) is 13.9 Å². The molecule has 1 heterocycles. The Bertz CT molecular complexity index is 1210. The van der Waals surface area contributed by atoms with Gasteiger partial charge in [0.05, 0.1) is 21.9 Å². The number of aryl methyl sites for hydroxylation is 2. The molecular weight excluding hydrogens is 472 g/mol. The normalized spacial score (nSPS) is 20.1. The zero-order valence-electron chi connectivity index (χ0n) is 19.6. The van der Waals surface area contributed by atoms with Crippen LogP contribution in [0.3, 0.4) is 0 Å². The van der Waals surface area contributed by atoms with Crippen LogP contribution in [-0.2, 0) is 20.0 Å². The number of benzene rings is 2. The first-order chi connectivity index (χ1) is 16.1. The van der Waals surface area contributed by atoms with E-state index in [1.807, 2.05) is 13.8 Å². The Morgan fingerprint density at radius 1 is 0.765 bits per heavy atom. The second kappa shape index (κ2) is 11.4. The second-order valence-corrected chi connectivity index (χ2v) is 12.4. The van der Waals surface area contributed by atoms with E-state index in [1.165, 1.54) is 8.61 Å². The molecule has 2 aromatic rings. The van der Waals surface area contributed by atoms with Gasteiger partial charge >= 0.3 is 0 Å². The average molecular weight is 505 g/mol. The number of hydrogen-bond acceptors (Lipinski definition) is 6. The van der Waals surface area contributed by atoms with E-state index in [0.717, 1.165) is 11.1 Å². The maximum atomic E-state index is 13.3. The third kappa shape index (κ3) is 6.43. The van der Waals surface area contributed by atoms with Gasteiger partial charge in [-0.1, -0.05) is 35.4 Å². The monoisotopic (exact) mass is 504 g/mol. The molecule has 1 fully saturated rings. The summed E-state index contributed by atoms with van der Waals surface area (Å²) in [4.78, 5) is 0.410. The summed E-state index contributed by atoms with van der Waals surface area (Å²) in [6, 6.07) is 15.0. The van der Waals surface area contributed by atoms with Gasteiger partial charge in [-0.15, -0.1) is 0 Å². The molecular formula is C24H32N4O4S2. The number of rotatable bonds is 4. The summed E-state index contributed by atoms with van der Waals surface area (Å²) in [6.07, 6.45) is 1.25. The highest BCUT2D eigenvalue weighted by molar-refractivity contribution is 7.89. The highest BCUT2D eigenvalue weighted by Crippen LogP contribution is 2.20. The van der Waals surface area contributed by atoms with Crippen LogP contribution in [0.5, 0.6) is 0 Å². The van der Waals surface area contributed by atoms with E-state index in [2.05, 4.69) is 11.4 Å². The maximum absolute atomic E-state index is 13.3. The smallest absolute Gasteiger partial charge is 0.243 e. The van der Waals surface area contributed by atoms with Gasteiger partial charge in [-0.05, 0) is 63.9 Å². The van der Waals surface area contributed by atoms with E-state index in [-0.39, 0.29) is 36.0 Å². The van der Waals surface area contributed by atoms with Crippen molar-refractivity contribution >= 4 is 20.0 Å². The molecule has 0 radical (unpaired) electrons. The molecule has 34 heavy (non-hydrogen) atoms. The van der Waals surface area contributed by atoms with Gasteiger partial charge in [0.2, 0.25) is 20.0 Å². The maximum Gasteiger partial charge on any atom is 0.243 e. The molecule has 1 aliphatic heterocycles. The highest BCUT2D eigenvalue weighted by Gasteiger charge is 2.28. The lowest BCUT2D eigenvalue weighted by Crippen LogP contribution is -2.41. The van der Waals surface area contributed by atoms with Crippen molar-refractivity contribution in [2.75, 3.05) is 32.7 Å². The molecule has 0 aliphatic carbocycles. The summed E-state index contributed by atoms with van der Waals surface area (Å²) >= 11 is 0. The van der Waals surface area contributed by atoms with Crippen molar-refractivity contribution in [1.82, 2.24) is 13.9 Å². The van der Waals surface area contributed by atoms with Crippen LogP contribution in [0.4, 0.5) is 0 Å². The molecule has 1 unspecified atom stereocenters. The summed E-state index contributed by atoms with van der Waals surface area (Å²) in [6.45, 7) is 5.07. The second-order valence-electron chi connectivity index (χ2n) is 8.57. The molecule has 0 saturated carbocycles. The van der Waals surface area contributed by atoms with E-state index in [9.17, 15) is 22.1 Å². The van der Waals surface area contributed by atoms with Crippen LogP contribution < -0.4 is 5.32 Å². The molecule has 1 atom stereocenters. The standard InChI is InChI=1S/C24H32N4O4S2/c1-20-5-9-23(10-6-20)33(29,30)27-15-3-14-26-22(19-25)13-18-28(17-4-16-27)34(31,32)24-11-7-21(2)8-12-24/h5-12,22,26H,3-4,13-18H2,1-2H3. The van der Waals surface area contributed by atoms with Crippen LogP contribution in [-0.4, -0.2) is 64.2 Å². The van der Waals surface area contributed by atoms with Crippen molar-refractivity contribution < 1.29 is 16.8 Å². The predicted molar refractivity (Wildman–Crippen MR) is 131 cm³/mol. The van der Waals surface area contributed by atoms with Crippen LogP contribution in [0.2, 0.25) is 0 Å². The van der Waals surface area contributed by atoms with Crippen molar-refractivity contribution in [3.63, 3.8) is 0 Å². The van der Waals surface area contributed by atoms with Gasteiger partial charge in [0.15, 0.2) is 0 Å². The first kappa shape index (κ1) is 26.3. The zero-order valence-corrected chi connectivity index (χ0v) is 21.3. The molecule has 0 spiro atoms. The quantitative estimate of drug-likeness (QED) is 0.685. The molecule has 3 rings (SSSR count). The van der Waals surface area contributed by atoms with Gasteiger partial charge in [-0.3, -0.25) is 0 Å². The fourth-order valence-electron chi connectivity index (χ4n) is 3.86. The molecule has 0 aromatic heterocycles. The van der Waals surface area contributed by atoms with Gasteiger partial charge < -0.3 is 5.32 Å². The molecule has 10 heteroatoms. The van der Waals surface area contributed by atoms with Crippen LogP contribution in [0.1, 0.15) is 30.4 Å². The van der Waals surface area contributed by atoms with E-state index in [1.54, 1.807) is 48.5 Å². The first-order valence-electron chi connectivity index (χ1n) is 11.4. The fourth-order valence-corrected chi connectivity index (χ4v) is 6.87. The third-order valence-corrected chi connectivity index (χ3v) is 9.76. The SMILES string of the molecule is Cc1ccc(S(=O)(=O)N2CCCNC(C#N)CCN(S(=O)(=O)c3ccc(C)cc3)CCC2)cc1. The minimum absolute atomic E-state index is 0.161. The molecule has 1 aliphatic rings. The van der Waals surface area contributed by atoms with E-state index < -0.39 is 26.1 Å². The van der Waals surface area contributed by atoms with Crippen molar-refractivity contribution in [3.05, 3.63) is 59.7 Å². The molecule has 1 saturated heterocycles. The average Bonchev–Trinajstić information content (AvgIpc) is 2.80. The first-order valence-corrected chi connectivity index (χ1v) is 14.3. The molecule has 0 amide bonds. The lowest BCUT2D eigenvalue weighted by atomic mass is 10.2. The Morgan fingerprint density at radius 2 is 1.21 bits per heavy atom. The minimum atomic E-state index is -3.78. The summed E-state index contributed by atoms with van der Waals surface area (Å²) in [7, 11) is -7.50. The van der Waals surface area contributed by atoms with Crippen LogP contribution >= 0.6 is 0 Å². The third-order valence-electron chi connectivity index (χ3n) is 5.93. The fraction of sp³-hybridized carbons (Fsp3) is 0.458. The lowest BCUT2D eigenvalue weighted by Gasteiger charge is -2.27. The molecule has 0 bridgehead atoms. The number of nitrogens with one attached hydrogen (secondary N) is 1. The number of nitriles is 1. The van der Waals surface area contributed by atoms with Crippen LogP contribution in [0, 0.1) is 25.2 Å². The largest absolute Gasteiger partial charge is 0.302 e. The summed E-state index contributed by atoms with van der Waals surface area (Å²) in [5, 5.41) is 12.6. The Kier molecular flexibility index (Phi) is 8.84. The molecule has 1 N–H and O–H groups in total. The Balaban J connectivity index is 1.85. The summed E-state index contributed by atoms with van der Waals surface area (Å²) in [5.41, 5.74) is 1.93. The summed E-state index contributed by atoms with van der Waals surface area (Å²) in [5.74, 6) is 0. The zero-order chi connectivity index (χ0) is 24.8. The Morgan fingerprint density at radius 3 is 1.68 bits per heavy atom. The topological polar surface area (TPSA) is 111 Å². The van der Waals surface area contributed by atoms with Crippen molar-refractivity contribution in [2.45, 2.75) is 48.9 Å². The Labute approximate surface area is 203 Å². The van der Waals surface area contributed by atoms with Crippen LogP contribution in [0.15, 0.2) is 58.3 Å². The summed E-state index contributed by atoms with van der Waals surface area (Å²) < 4.78 is 56.0. The van der Waals surface area contributed by atoms with E-state index in [0.29, 0.717) is 25.8 Å². The van der Waals surface area contributed by atoms with Crippen molar-refractivity contribution in [1.29, 1.82) is 5.26 Å². The van der Waals surface area contributed by atoms with Gasteiger partial charge in [0.25, 0.3) is 0 Å². The van der Waals surface area contributed by atoms with E-state index in [4.69, 9.17) is 0 Å². The molecule has 2 aromatic carbocycles. The van der Waals surface area contributed by atoms with Crippen LogP contribution in [0.25, 0.3) is 0 Å². The number of nitrogens with zero attached hydrogens (tertiary/aromatic N) is 3. The molecule has 8 nitrogen and oxygen atoms in total. The predicted octanol–water partition coefficient (Wildman–Crippen LogP) is 2.65. The van der Waals surface area contributed by atoms with E-state index >= 15 is 0 Å². The molecule has 184 valence electrons. The van der Waals surface area contributed by atoms with Gasteiger partial charge in [0.1, 0.15) is 0 Å². The number of sulfonamides is 2.